The first kappa shape index (κ1) is 14.2. The minimum atomic E-state index is -0.444. The van der Waals surface area contributed by atoms with Gasteiger partial charge in [0.15, 0.2) is 5.82 Å². The zero-order valence-corrected chi connectivity index (χ0v) is 12.2. The molecule has 0 bridgehead atoms. The highest BCUT2D eigenvalue weighted by Crippen LogP contribution is 2.24. The predicted octanol–water partition coefficient (Wildman–Crippen LogP) is 2.55. The van der Waals surface area contributed by atoms with Crippen LogP contribution in [0.3, 0.4) is 0 Å². The number of benzene rings is 1. The highest BCUT2D eigenvalue weighted by Gasteiger charge is 2.24. The van der Waals surface area contributed by atoms with Crippen LogP contribution in [0.25, 0.3) is 10.8 Å². The summed E-state index contributed by atoms with van der Waals surface area (Å²) in [5, 5.41) is 13.4. The molecule has 0 aliphatic heterocycles. The van der Waals surface area contributed by atoms with E-state index in [2.05, 4.69) is 15.5 Å². The van der Waals surface area contributed by atoms with Crippen molar-refractivity contribution in [2.45, 2.75) is 26.8 Å². The fraction of sp³-hybridized carbons (Fsp3) is 0.400. The first-order valence-electron chi connectivity index (χ1n) is 6.61. The molecule has 1 aromatic carbocycles. The highest BCUT2D eigenvalue weighted by molar-refractivity contribution is 5.94. The van der Waals surface area contributed by atoms with E-state index < -0.39 is 6.04 Å². The van der Waals surface area contributed by atoms with Crippen molar-refractivity contribution in [1.29, 1.82) is 0 Å². The molecule has 0 spiro atoms. The van der Waals surface area contributed by atoms with Gasteiger partial charge in [-0.15, -0.1) is 5.10 Å². The van der Waals surface area contributed by atoms with Crippen molar-refractivity contribution in [3.05, 3.63) is 30.0 Å². The summed E-state index contributed by atoms with van der Waals surface area (Å²) in [5.41, 5.74) is 0.866. The third-order valence-corrected chi connectivity index (χ3v) is 3.29. The maximum atomic E-state index is 11.8. The fourth-order valence-electron chi connectivity index (χ4n) is 2.12. The van der Waals surface area contributed by atoms with Gasteiger partial charge in [0.2, 0.25) is 0 Å². The Morgan fingerprint density at radius 1 is 1.20 bits per heavy atom. The third-order valence-electron chi connectivity index (χ3n) is 3.29. The molecule has 0 aliphatic carbocycles. The molecule has 1 aromatic heterocycles. The van der Waals surface area contributed by atoms with E-state index in [1.165, 1.54) is 7.11 Å². The normalized spacial score (nSPS) is 12.4. The fourth-order valence-corrected chi connectivity index (χ4v) is 2.12. The second-order valence-corrected chi connectivity index (χ2v) is 5.07. The van der Waals surface area contributed by atoms with Crippen LogP contribution in [0.1, 0.15) is 19.5 Å². The predicted molar refractivity (Wildman–Crippen MR) is 78.5 cm³/mol. The van der Waals surface area contributed by atoms with Crippen LogP contribution in [0.4, 0.5) is 5.82 Å². The van der Waals surface area contributed by atoms with E-state index >= 15 is 0 Å². The Hall–Kier alpha value is -2.17. The van der Waals surface area contributed by atoms with Crippen LogP contribution in [-0.4, -0.2) is 29.3 Å². The van der Waals surface area contributed by atoms with Crippen LogP contribution in [0.5, 0.6) is 0 Å². The molecule has 2 rings (SSSR count). The molecule has 106 valence electrons. The van der Waals surface area contributed by atoms with Crippen molar-refractivity contribution in [2.24, 2.45) is 5.92 Å². The minimum Gasteiger partial charge on any atom is -0.467 e. The van der Waals surface area contributed by atoms with Crippen molar-refractivity contribution >= 4 is 22.6 Å². The molecule has 20 heavy (non-hydrogen) atoms. The van der Waals surface area contributed by atoms with Gasteiger partial charge in [0.05, 0.1) is 12.8 Å². The number of carbonyl (C=O) groups excluding carboxylic acids is 1. The number of nitrogens with one attached hydrogen (secondary N) is 1. The van der Waals surface area contributed by atoms with Crippen LogP contribution in [0.15, 0.2) is 24.3 Å². The standard InChI is InChI=1S/C15H19N3O2/c1-9(2)13(15(19)20-4)16-14-12-8-6-5-7-11(12)10(3)17-18-14/h5-9,13H,1-4H3,(H,16,18). The molecule has 5 nitrogen and oxygen atoms in total. The van der Waals surface area contributed by atoms with Gasteiger partial charge in [0.25, 0.3) is 0 Å². The topological polar surface area (TPSA) is 64.1 Å². The molecule has 2 aromatic rings. The quantitative estimate of drug-likeness (QED) is 0.867. The molecular formula is C15H19N3O2. The van der Waals surface area contributed by atoms with E-state index in [-0.39, 0.29) is 11.9 Å². The van der Waals surface area contributed by atoms with E-state index in [4.69, 9.17) is 4.74 Å². The average molecular weight is 273 g/mol. The number of nitrogens with zero attached hydrogens (tertiary/aromatic N) is 2. The third kappa shape index (κ3) is 2.71. The number of ether oxygens (including phenoxy) is 1. The average Bonchev–Trinajstić information content (AvgIpc) is 2.46. The molecule has 1 N–H and O–H groups in total. The summed E-state index contributed by atoms with van der Waals surface area (Å²) >= 11 is 0. The number of rotatable bonds is 4. The molecule has 0 saturated heterocycles. The first-order chi connectivity index (χ1) is 9.54. The number of fused-ring (bicyclic) bond motifs is 1. The summed E-state index contributed by atoms with van der Waals surface area (Å²) < 4.78 is 4.83. The monoisotopic (exact) mass is 273 g/mol. The molecule has 1 heterocycles. The summed E-state index contributed by atoms with van der Waals surface area (Å²) in [6, 6.07) is 7.42. The van der Waals surface area contributed by atoms with Gasteiger partial charge in [-0.25, -0.2) is 4.79 Å². The largest absolute Gasteiger partial charge is 0.467 e. The zero-order chi connectivity index (χ0) is 14.7. The summed E-state index contributed by atoms with van der Waals surface area (Å²) in [6.07, 6.45) is 0. The van der Waals surface area contributed by atoms with Gasteiger partial charge in [0.1, 0.15) is 6.04 Å². The van der Waals surface area contributed by atoms with Crippen LogP contribution in [0.2, 0.25) is 0 Å². The Labute approximate surface area is 118 Å². The Morgan fingerprint density at radius 2 is 1.85 bits per heavy atom. The Bertz CT molecular complexity index is 626. The summed E-state index contributed by atoms with van der Waals surface area (Å²) in [7, 11) is 1.39. The van der Waals surface area contributed by atoms with Crippen molar-refractivity contribution < 1.29 is 9.53 Å². The van der Waals surface area contributed by atoms with Gasteiger partial charge in [-0.05, 0) is 12.8 Å². The van der Waals surface area contributed by atoms with Crippen molar-refractivity contribution in [3.63, 3.8) is 0 Å². The molecule has 0 fully saturated rings. The maximum Gasteiger partial charge on any atom is 0.328 e. The number of hydrogen-bond acceptors (Lipinski definition) is 5. The maximum absolute atomic E-state index is 11.8. The number of anilines is 1. The smallest absolute Gasteiger partial charge is 0.328 e. The number of aromatic nitrogens is 2. The number of aryl methyl sites for hydroxylation is 1. The summed E-state index contributed by atoms with van der Waals surface area (Å²) in [6.45, 7) is 5.83. The summed E-state index contributed by atoms with van der Waals surface area (Å²) in [5.74, 6) is 0.395. The van der Waals surface area contributed by atoms with Gasteiger partial charge in [0, 0.05) is 10.8 Å². The Morgan fingerprint density at radius 3 is 2.45 bits per heavy atom. The van der Waals surface area contributed by atoms with E-state index in [9.17, 15) is 4.79 Å². The van der Waals surface area contributed by atoms with Crippen LogP contribution in [0, 0.1) is 12.8 Å². The Kier molecular flexibility index (Phi) is 4.17. The number of carbonyl (C=O) groups is 1. The lowest BCUT2D eigenvalue weighted by atomic mass is 10.0. The second kappa shape index (κ2) is 5.86. The van der Waals surface area contributed by atoms with E-state index in [1.807, 2.05) is 45.0 Å². The van der Waals surface area contributed by atoms with Gasteiger partial charge in [-0.1, -0.05) is 38.1 Å². The van der Waals surface area contributed by atoms with Gasteiger partial charge >= 0.3 is 5.97 Å². The van der Waals surface area contributed by atoms with Crippen LogP contribution in [-0.2, 0) is 9.53 Å². The molecule has 0 amide bonds. The van der Waals surface area contributed by atoms with E-state index in [0.29, 0.717) is 5.82 Å². The van der Waals surface area contributed by atoms with Crippen LogP contribution < -0.4 is 5.32 Å². The van der Waals surface area contributed by atoms with Crippen molar-refractivity contribution in [1.82, 2.24) is 10.2 Å². The highest BCUT2D eigenvalue weighted by atomic mass is 16.5. The Balaban J connectivity index is 2.43. The molecule has 1 atom stereocenters. The second-order valence-electron chi connectivity index (χ2n) is 5.07. The van der Waals surface area contributed by atoms with Crippen molar-refractivity contribution in [3.8, 4) is 0 Å². The molecule has 5 heteroatoms. The first-order valence-corrected chi connectivity index (χ1v) is 6.61. The molecular weight excluding hydrogens is 254 g/mol. The van der Waals surface area contributed by atoms with E-state index in [0.717, 1.165) is 16.5 Å². The lowest BCUT2D eigenvalue weighted by Gasteiger charge is -2.21. The molecule has 1 unspecified atom stereocenters. The van der Waals surface area contributed by atoms with Gasteiger partial charge < -0.3 is 10.1 Å². The van der Waals surface area contributed by atoms with E-state index in [1.54, 1.807) is 0 Å². The lowest BCUT2D eigenvalue weighted by molar-refractivity contribution is -0.142. The zero-order valence-electron chi connectivity index (χ0n) is 12.2. The van der Waals surface area contributed by atoms with Gasteiger partial charge in [-0.3, -0.25) is 0 Å². The van der Waals surface area contributed by atoms with Gasteiger partial charge in [-0.2, -0.15) is 5.10 Å². The SMILES string of the molecule is COC(=O)C(Nc1nnc(C)c2ccccc12)C(C)C. The van der Waals surface area contributed by atoms with Crippen LogP contribution >= 0.6 is 0 Å². The van der Waals surface area contributed by atoms with Crippen molar-refractivity contribution in [2.75, 3.05) is 12.4 Å². The number of methoxy groups -OCH3 is 1. The molecule has 0 radical (unpaired) electrons. The molecule has 0 aliphatic rings. The lowest BCUT2D eigenvalue weighted by Crippen LogP contribution is -2.36. The summed E-state index contributed by atoms with van der Waals surface area (Å²) in [4.78, 5) is 11.8. The number of hydrogen-bond donors (Lipinski definition) is 1. The minimum absolute atomic E-state index is 0.0873. The number of esters is 1. The molecule has 0 saturated carbocycles.